The van der Waals surface area contributed by atoms with Crippen LogP contribution in [0.25, 0.3) is 44.5 Å². The van der Waals surface area contributed by atoms with Crippen molar-refractivity contribution in [2.24, 2.45) is 7.05 Å². The number of piperidine rings is 1. The molecule has 1 fully saturated rings. The van der Waals surface area contributed by atoms with Gasteiger partial charge in [-0.1, -0.05) is 24.3 Å². The molecule has 3 aromatic heterocycles. The predicted octanol–water partition coefficient (Wildman–Crippen LogP) is 5.69. The maximum atomic E-state index is 14.2. The molecule has 0 amide bonds. The van der Waals surface area contributed by atoms with E-state index in [4.69, 9.17) is 4.42 Å². The predicted molar refractivity (Wildman–Crippen MR) is 143 cm³/mol. The molecule has 190 valence electrons. The van der Waals surface area contributed by atoms with Gasteiger partial charge < -0.3 is 4.42 Å². The number of H-pyrrole nitrogens is 1. The third-order valence-electron chi connectivity index (χ3n) is 7.35. The number of aryl methyl sites for hydroxylation is 1. The molecule has 0 saturated carbocycles. The van der Waals surface area contributed by atoms with Gasteiger partial charge in [0, 0.05) is 53.8 Å². The third-order valence-corrected chi connectivity index (χ3v) is 7.35. The average molecular weight is 508 g/mol. The smallest absolute Gasteiger partial charge is 0.247 e. The van der Waals surface area contributed by atoms with Gasteiger partial charge in [0.15, 0.2) is 0 Å². The molecule has 1 aliphatic rings. The summed E-state index contributed by atoms with van der Waals surface area (Å²) >= 11 is 0. The third kappa shape index (κ3) is 4.14. The highest BCUT2D eigenvalue weighted by atomic mass is 19.1. The molecule has 9 heteroatoms. The summed E-state index contributed by atoms with van der Waals surface area (Å²) in [6.45, 7) is 2.27. The number of nitrogens with one attached hydrogen (secondary N) is 1. The second-order valence-electron chi connectivity index (χ2n) is 10.0. The molecule has 1 atom stereocenters. The number of hydrogen-bond acceptors (Lipinski definition) is 6. The van der Waals surface area contributed by atoms with E-state index in [0.29, 0.717) is 23.9 Å². The molecule has 38 heavy (non-hydrogen) atoms. The van der Waals surface area contributed by atoms with Crippen LogP contribution in [0.3, 0.4) is 0 Å². The summed E-state index contributed by atoms with van der Waals surface area (Å²) in [7, 11) is 1.92. The summed E-state index contributed by atoms with van der Waals surface area (Å²) in [4.78, 5) is 2.26. The van der Waals surface area contributed by atoms with Gasteiger partial charge in [-0.3, -0.25) is 14.7 Å². The van der Waals surface area contributed by atoms with Crippen LogP contribution in [0, 0.1) is 5.82 Å². The van der Waals surface area contributed by atoms with Crippen molar-refractivity contribution in [2.75, 3.05) is 13.1 Å². The van der Waals surface area contributed by atoms with E-state index in [1.165, 1.54) is 6.07 Å². The normalized spacial score (nSPS) is 16.5. The summed E-state index contributed by atoms with van der Waals surface area (Å²) in [6.07, 6.45) is 3.97. The molecule has 1 saturated heterocycles. The van der Waals surface area contributed by atoms with E-state index in [1.54, 1.807) is 6.07 Å². The van der Waals surface area contributed by atoms with Crippen LogP contribution in [0.2, 0.25) is 0 Å². The van der Waals surface area contributed by atoms with E-state index >= 15 is 0 Å². The summed E-state index contributed by atoms with van der Waals surface area (Å²) < 4.78 is 22.2. The first-order chi connectivity index (χ1) is 18.6. The largest absolute Gasteiger partial charge is 0.420 e. The Kier molecular flexibility index (Phi) is 5.51. The number of fused-ring (bicyclic) bond motifs is 2. The van der Waals surface area contributed by atoms with Gasteiger partial charge in [-0.2, -0.15) is 10.2 Å². The number of nitrogens with zero attached hydrogens (tertiary/aromatic N) is 6. The first-order valence-corrected chi connectivity index (χ1v) is 12.8. The molecule has 1 aliphatic heterocycles. The minimum atomic E-state index is -0.163. The number of halogens is 1. The van der Waals surface area contributed by atoms with Gasteiger partial charge in [-0.25, -0.2) is 4.39 Å². The Balaban J connectivity index is 1.15. The van der Waals surface area contributed by atoms with Crippen LogP contribution in [0.15, 0.2) is 71.3 Å². The molecular formula is C29H26FN7O. The van der Waals surface area contributed by atoms with E-state index in [9.17, 15) is 4.39 Å². The van der Waals surface area contributed by atoms with Gasteiger partial charge in [0.25, 0.3) is 0 Å². The Morgan fingerprint density at radius 3 is 2.87 bits per heavy atom. The van der Waals surface area contributed by atoms with Crippen LogP contribution in [0.5, 0.6) is 0 Å². The van der Waals surface area contributed by atoms with E-state index in [1.807, 2.05) is 60.4 Å². The Morgan fingerprint density at radius 2 is 1.95 bits per heavy atom. The molecule has 0 spiro atoms. The standard InChI is InChI=1S/C29H26FN7O/c1-36-15-22-13-18(8-10-25(22)35-36)27-23-14-19(9-11-26(23)31-32-27)28-33-34-29(38-28)21-6-4-12-37(17-21)16-20-5-2-3-7-24(20)30/h2-3,5,7-11,13-15,21H,4,6,12,16-17H2,1H3,(H,31,32)/t21-/m1/s1. The number of aromatic nitrogens is 6. The van der Waals surface area contributed by atoms with Crippen LogP contribution >= 0.6 is 0 Å². The SMILES string of the molecule is Cn1cc2cc(-c3n[nH]c4ccc(-c5nnc([C@@H]6CCCN(Cc7ccccc7F)C6)o5)cc34)ccc2n1. The molecule has 0 aliphatic carbocycles. The van der Waals surface area contributed by atoms with E-state index in [-0.39, 0.29) is 11.7 Å². The topological polar surface area (TPSA) is 88.7 Å². The lowest BCUT2D eigenvalue weighted by Gasteiger charge is -2.31. The maximum absolute atomic E-state index is 14.2. The minimum absolute atomic E-state index is 0.121. The molecule has 7 rings (SSSR count). The van der Waals surface area contributed by atoms with Crippen molar-refractivity contribution in [1.82, 2.24) is 35.1 Å². The van der Waals surface area contributed by atoms with Gasteiger partial charge in [0.05, 0.1) is 22.6 Å². The minimum Gasteiger partial charge on any atom is -0.420 e. The van der Waals surface area contributed by atoms with Crippen LogP contribution in [0.4, 0.5) is 4.39 Å². The molecule has 1 N–H and O–H groups in total. The lowest BCUT2D eigenvalue weighted by Crippen LogP contribution is -2.34. The quantitative estimate of drug-likeness (QED) is 0.323. The second-order valence-corrected chi connectivity index (χ2v) is 10.0. The average Bonchev–Trinajstić information content (AvgIpc) is 3.67. The summed E-state index contributed by atoms with van der Waals surface area (Å²) in [5.41, 5.74) is 5.32. The molecule has 0 unspecified atom stereocenters. The zero-order valence-electron chi connectivity index (χ0n) is 20.9. The lowest BCUT2D eigenvalue weighted by atomic mass is 9.97. The van der Waals surface area contributed by atoms with Crippen LogP contribution < -0.4 is 0 Å². The number of rotatable bonds is 5. The highest BCUT2D eigenvalue weighted by Crippen LogP contribution is 2.33. The summed E-state index contributed by atoms with van der Waals surface area (Å²) in [5, 5.41) is 23.0. The number of aromatic amines is 1. The van der Waals surface area contributed by atoms with Crippen molar-refractivity contribution in [3.8, 4) is 22.7 Å². The number of likely N-dealkylation sites (tertiary alicyclic amines) is 1. The lowest BCUT2D eigenvalue weighted by molar-refractivity contribution is 0.184. The van der Waals surface area contributed by atoms with Crippen molar-refractivity contribution in [3.63, 3.8) is 0 Å². The fraction of sp³-hybridized carbons (Fsp3) is 0.241. The van der Waals surface area contributed by atoms with E-state index < -0.39 is 0 Å². The van der Waals surface area contributed by atoms with Gasteiger partial charge in [0.2, 0.25) is 11.8 Å². The molecule has 8 nitrogen and oxygen atoms in total. The number of benzene rings is 3. The Labute approximate surface area is 218 Å². The molecule has 6 aromatic rings. The van der Waals surface area contributed by atoms with Crippen LogP contribution in [0.1, 0.15) is 30.2 Å². The highest BCUT2D eigenvalue weighted by molar-refractivity contribution is 5.97. The molecule has 0 radical (unpaired) electrons. The monoisotopic (exact) mass is 507 g/mol. The Morgan fingerprint density at radius 1 is 1.05 bits per heavy atom. The summed E-state index contributed by atoms with van der Waals surface area (Å²) in [6, 6.07) is 19.1. The van der Waals surface area contributed by atoms with Crippen molar-refractivity contribution in [3.05, 3.63) is 84.1 Å². The van der Waals surface area contributed by atoms with E-state index in [2.05, 4.69) is 36.5 Å². The molecule has 3 aromatic carbocycles. The molecule has 4 heterocycles. The van der Waals surface area contributed by atoms with Gasteiger partial charge >= 0.3 is 0 Å². The van der Waals surface area contributed by atoms with Crippen LogP contribution in [-0.4, -0.2) is 48.2 Å². The fourth-order valence-electron chi connectivity index (χ4n) is 5.45. The van der Waals surface area contributed by atoms with Crippen LogP contribution in [-0.2, 0) is 13.6 Å². The highest BCUT2D eigenvalue weighted by Gasteiger charge is 2.26. The zero-order valence-corrected chi connectivity index (χ0v) is 20.9. The maximum Gasteiger partial charge on any atom is 0.247 e. The molecular weight excluding hydrogens is 481 g/mol. The summed E-state index contributed by atoms with van der Waals surface area (Å²) in [5.74, 6) is 1.08. The van der Waals surface area contributed by atoms with Crippen molar-refractivity contribution in [1.29, 1.82) is 0 Å². The zero-order chi connectivity index (χ0) is 25.6. The van der Waals surface area contributed by atoms with Crippen molar-refractivity contribution < 1.29 is 8.81 Å². The number of hydrogen-bond donors (Lipinski definition) is 1. The van der Waals surface area contributed by atoms with Gasteiger partial charge in [-0.05, 0) is 55.8 Å². The van der Waals surface area contributed by atoms with Crippen molar-refractivity contribution >= 4 is 21.8 Å². The Bertz CT molecular complexity index is 1770. The van der Waals surface area contributed by atoms with E-state index in [0.717, 1.165) is 64.6 Å². The van der Waals surface area contributed by atoms with Gasteiger partial charge in [0.1, 0.15) is 5.82 Å². The van der Waals surface area contributed by atoms with Gasteiger partial charge in [-0.15, -0.1) is 10.2 Å². The second kappa shape index (κ2) is 9.18. The Hall–Kier alpha value is -4.37. The first-order valence-electron chi connectivity index (χ1n) is 12.8. The molecule has 0 bridgehead atoms. The van der Waals surface area contributed by atoms with Crippen molar-refractivity contribution in [2.45, 2.75) is 25.3 Å². The fourth-order valence-corrected chi connectivity index (χ4v) is 5.45. The first kappa shape index (κ1) is 22.8.